The molecule has 0 amide bonds. The first kappa shape index (κ1) is 18.5. The van der Waals surface area contributed by atoms with Gasteiger partial charge in [-0.2, -0.15) is 5.10 Å². The molecule has 3 rings (SSSR count). The summed E-state index contributed by atoms with van der Waals surface area (Å²) in [5.74, 6) is -0.290. The van der Waals surface area contributed by atoms with Gasteiger partial charge in [0, 0.05) is 38.9 Å². The Morgan fingerprint density at radius 3 is 2.54 bits per heavy atom. The van der Waals surface area contributed by atoms with Crippen molar-refractivity contribution in [2.24, 2.45) is 7.05 Å². The number of hydrogen-bond donors (Lipinski definition) is 0. The minimum atomic E-state index is -1.16. The molecule has 0 bridgehead atoms. The highest BCUT2D eigenvalue weighted by Crippen LogP contribution is 2.26. The van der Waals surface area contributed by atoms with Crippen molar-refractivity contribution in [1.82, 2.24) is 14.3 Å². The first-order valence-electron chi connectivity index (χ1n) is 8.65. The summed E-state index contributed by atoms with van der Waals surface area (Å²) in [6.45, 7) is 7.80. The van der Waals surface area contributed by atoms with Crippen LogP contribution in [0.1, 0.15) is 0 Å². The Balaban J connectivity index is 1.95. The molecule has 0 N–H and O–H groups in total. The molecule has 138 valence electrons. The monoisotopic (exact) mass is 373 g/mol. The zero-order valence-electron chi connectivity index (χ0n) is 15.6. The largest absolute Gasteiger partial charge is 0.360 e. The number of benzene rings is 1. The summed E-state index contributed by atoms with van der Waals surface area (Å²) >= 11 is 0. The summed E-state index contributed by atoms with van der Waals surface area (Å²) in [4.78, 5) is 12.6. The molecule has 0 atom stereocenters. The first-order chi connectivity index (χ1) is 12.3. The van der Waals surface area contributed by atoms with E-state index in [0.29, 0.717) is 12.1 Å². The first-order valence-corrected chi connectivity index (χ1v) is 12.4. The molecule has 26 heavy (non-hydrogen) atoms. The van der Waals surface area contributed by atoms with E-state index in [-0.39, 0.29) is 18.1 Å². The lowest BCUT2D eigenvalue weighted by atomic mass is 10.0. The minimum Gasteiger partial charge on any atom is -0.360 e. The van der Waals surface area contributed by atoms with Crippen LogP contribution in [0.25, 0.3) is 22.0 Å². The number of pyridine rings is 1. The number of halogens is 1. The van der Waals surface area contributed by atoms with Crippen molar-refractivity contribution < 1.29 is 9.13 Å². The molecule has 0 saturated heterocycles. The maximum absolute atomic E-state index is 13.2. The molecule has 0 spiro atoms. The number of nitrogens with zero attached hydrogens (tertiary/aromatic N) is 3. The van der Waals surface area contributed by atoms with Gasteiger partial charge in [-0.3, -0.25) is 4.79 Å². The van der Waals surface area contributed by atoms with Gasteiger partial charge >= 0.3 is 0 Å². The molecular formula is C19H24FN3O2Si. The van der Waals surface area contributed by atoms with Crippen molar-refractivity contribution in [3.63, 3.8) is 0 Å². The summed E-state index contributed by atoms with van der Waals surface area (Å²) < 4.78 is 22.1. The predicted octanol–water partition coefficient (Wildman–Crippen LogP) is 3.85. The lowest BCUT2D eigenvalue weighted by Gasteiger charge is -2.15. The normalized spacial score (nSPS) is 12.0. The fourth-order valence-corrected chi connectivity index (χ4v) is 3.54. The van der Waals surface area contributed by atoms with Gasteiger partial charge in [-0.15, -0.1) is 0 Å². The summed E-state index contributed by atoms with van der Waals surface area (Å²) in [6.07, 6.45) is 3.44. The Kier molecular flexibility index (Phi) is 5.11. The molecule has 2 aromatic heterocycles. The van der Waals surface area contributed by atoms with Crippen LogP contribution >= 0.6 is 0 Å². The quantitative estimate of drug-likeness (QED) is 0.487. The maximum atomic E-state index is 13.2. The van der Waals surface area contributed by atoms with Crippen LogP contribution in [0.4, 0.5) is 4.39 Å². The van der Waals surface area contributed by atoms with Crippen molar-refractivity contribution >= 4 is 19.0 Å². The van der Waals surface area contributed by atoms with E-state index in [2.05, 4.69) is 24.7 Å². The number of aryl methyl sites for hydroxylation is 1. The van der Waals surface area contributed by atoms with Crippen LogP contribution < -0.4 is 5.56 Å². The average Bonchev–Trinajstić information content (AvgIpc) is 2.99. The second kappa shape index (κ2) is 7.17. The van der Waals surface area contributed by atoms with E-state index >= 15 is 0 Å². The zero-order chi connectivity index (χ0) is 18.9. The van der Waals surface area contributed by atoms with Gasteiger partial charge in [-0.1, -0.05) is 31.8 Å². The molecule has 0 saturated carbocycles. The smallest absolute Gasteiger partial charge is 0.276 e. The second-order valence-corrected chi connectivity index (χ2v) is 13.3. The maximum Gasteiger partial charge on any atom is 0.276 e. The van der Waals surface area contributed by atoms with Gasteiger partial charge in [0.1, 0.15) is 18.1 Å². The van der Waals surface area contributed by atoms with Crippen LogP contribution in [0.15, 0.2) is 41.5 Å². The molecule has 1 aromatic carbocycles. The number of hydrogen-bond acceptors (Lipinski definition) is 3. The molecule has 0 aliphatic heterocycles. The van der Waals surface area contributed by atoms with Crippen LogP contribution in [0, 0.1) is 5.82 Å². The summed E-state index contributed by atoms with van der Waals surface area (Å²) in [6, 6.07) is 7.30. The highest BCUT2D eigenvalue weighted by Gasteiger charge is 2.16. The Bertz CT molecular complexity index is 971. The average molecular weight is 374 g/mol. The Morgan fingerprint density at radius 2 is 1.88 bits per heavy atom. The lowest BCUT2D eigenvalue weighted by molar-refractivity contribution is 0.0815. The van der Waals surface area contributed by atoms with E-state index in [1.807, 2.05) is 0 Å². The SMILES string of the molecule is Cn1cc(-c2ccc(F)cc2)c2cnn(COCC[Si](C)(C)C)c2c1=O. The fraction of sp³-hybridized carbons (Fsp3) is 0.368. The highest BCUT2D eigenvalue weighted by molar-refractivity contribution is 6.76. The molecule has 0 aliphatic rings. The predicted molar refractivity (Wildman–Crippen MR) is 104 cm³/mol. The van der Waals surface area contributed by atoms with Crippen LogP contribution in [0.3, 0.4) is 0 Å². The van der Waals surface area contributed by atoms with Crippen LogP contribution in [0.5, 0.6) is 0 Å². The Labute approximate surface area is 153 Å². The van der Waals surface area contributed by atoms with Gasteiger partial charge in [0.25, 0.3) is 5.56 Å². The van der Waals surface area contributed by atoms with Gasteiger partial charge in [-0.05, 0) is 23.7 Å². The summed E-state index contributed by atoms with van der Waals surface area (Å²) in [5.41, 5.74) is 2.06. The second-order valence-electron chi connectivity index (χ2n) is 7.72. The molecule has 0 radical (unpaired) electrons. The number of fused-ring (bicyclic) bond motifs is 1. The van der Waals surface area contributed by atoms with Gasteiger partial charge in [0.2, 0.25) is 0 Å². The summed E-state index contributed by atoms with van der Waals surface area (Å²) in [5, 5.41) is 5.09. The third-order valence-electron chi connectivity index (χ3n) is 4.34. The Hall–Kier alpha value is -2.25. The molecule has 0 unspecified atom stereocenters. The third kappa shape index (κ3) is 3.94. The van der Waals surface area contributed by atoms with Crippen LogP contribution in [-0.2, 0) is 18.5 Å². The van der Waals surface area contributed by atoms with Gasteiger partial charge in [-0.25, -0.2) is 9.07 Å². The van der Waals surface area contributed by atoms with Crippen LogP contribution in [0.2, 0.25) is 25.7 Å². The molecule has 2 heterocycles. The highest BCUT2D eigenvalue weighted by atomic mass is 28.3. The standard InChI is InChI=1S/C19H24FN3O2Si/c1-22-12-17(14-5-7-15(20)8-6-14)16-11-21-23(18(16)19(22)24)13-25-9-10-26(2,3)4/h5-8,11-12H,9-10,13H2,1-4H3. The van der Waals surface area contributed by atoms with Crippen molar-refractivity contribution in [3.05, 3.63) is 52.8 Å². The van der Waals surface area contributed by atoms with Gasteiger partial charge in [0.15, 0.2) is 0 Å². The van der Waals surface area contributed by atoms with E-state index in [4.69, 9.17) is 4.74 Å². The Morgan fingerprint density at radius 1 is 1.19 bits per heavy atom. The molecule has 3 aromatic rings. The number of aromatic nitrogens is 3. The number of rotatable bonds is 6. The van der Waals surface area contributed by atoms with E-state index in [9.17, 15) is 9.18 Å². The summed E-state index contributed by atoms with van der Waals surface area (Å²) in [7, 11) is 0.545. The number of ether oxygens (including phenoxy) is 1. The van der Waals surface area contributed by atoms with E-state index in [1.165, 1.54) is 16.7 Å². The third-order valence-corrected chi connectivity index (χ3v) is 6.04. The van der Waals surface area contributed by atoms with E-state index in [1.54, 1.807) is 36.3 Å². The fourth-order valence-electron chi connectivity index (χ4n) is 2.78. The van der Waals surface area contributed by atoms with E-state index in [0.717, 1.165) is 22.6 Å². The van der Waals surface area contributed by atoms with Crippen molar-refractivity contribution in [2.75, 3.05) is 6.61 Å². The van der Waals surface area contributed by atoms with Crippen molar-refractivity contribution in [1.29, 1.82) is 0 Å². The van der Waals surface area contributed by atoms with Crippen molar-refractivity contribution in [2.45, 2.75) is 32.4 Å². The molecular weight excluding hydrogens is 349 g/mol. The van der Waals surface area contributed by atoms with Crippen LogP contribution in [-0.4, -0.2) is 29.0 Å². The molecule has 5 nitrogen and oxygen atoms in total. The van der Waals surface area contributed by atoms with Gasteiger partial charge < -0.3 is 9.30 Å². The lowest BCUT2D eigenvalue weighted by Crippen LogP contribution is -2.23. The van der Waals surface area contributed by atoms with Gasteiger partial charge in [0.05, 0.1) is 6.20 Å². The molecule has 0 fully saturated rings. The topological polar surface area (TPSA) is 49.0 Å². The van der Waals surface area contributed by atoms with E-state index < -0.39 is 8.07 Å². The molecule has 7 heteroatoms. The van der Waals surface area contributed by atoms with Crippen molar-refractivity contribution in [3.8, 4) is 11.1 Å². The zero-order valence-corrected chi connectivity index (χ0v) is 16.6. The minimum absolute atomic E-state index is 0.128. The molecule has 0 aliphatic carbocycles.